The summed E-state index contributed by atoms with van der Waals surface area (Å²) >= 11 is 0. The Hall–Kier alpha value is -2.29. The summed E-state index contributed by atoms with van der Waals surface area (Å²) in [7, 11) is 0. The van der Waals surface area contributed by atoms with Crippen molar-refractivity contribution in [3.8, 4) is 11.1 Å². The third kappa shape index (κ3) is 2.20. The molecule has 0 aliphatic heterocycles. The molecule has 0 saturated heterocycles. The maximum Gasteiger partial charge on any atom is 0.225 e. The standard InChI is InChI=1S/C13H12N2O/c16-10-14-15-13-9-5-4-8-12(13)11-6-2-1-3-7-11/h1-10,15H,(H,14,16). The Labute approximate surface area is 94.1 Å². The fraction of sp³-hybridized carbons (Fsp3) is 0. The molecule has 2 aromatic rings. The van der Waals surface area contributed by atoms with Crippen molar-refractivity contribution >= 4 is 12.1 Å². The van der Waals surface area contributed by atoms with Crippen LogP contribution in [0.3, 0.4) is 0 Å². The molecule has 0 saturated carbocycles. The summed E-state index contributed by atoms with van der Waals surface area (Å²) in [5.41, 5.74) is 8.33. The summed E-state index contributed by atoms with van der Waals surface area (Å²) in [4.78, 5) is 10.3. The van der Waals surface area contributed by atoms with Crippen LogP contribution < -0.4 is 10.9 Å². The Morgan fingerprint density at radius 1 is 0.875 bits per heavy atom. The highest BCUT2D eigenvalue weighted by atomic mass is 16.1. The Morgan fingerprint density at radius 3 is 2.31 bits per heavy atom. The number of para-hydroxylation sites is 1. The van der Waals surface area contributed by atoms with E-state index in [1.54, 1.807) is 0 Å². The molecule has 0 aliphatic rings. The molecule has 0 bridgehead atoms. The first-order chi connectivity index (χ1) is 7.92. The summed E-state index contributed by atoms with van der Waals surface area (Å²) in [6, 6.07) is 17.8. The molecule has 0 unspecified atom stereocenters. The lowest BCUT2D eigenvalue weighted by atomic mass is 10.0. The normalized spacial score (nSPS) is 9.50. The third-order valence-corrected chi connectivity index (χ3v) is 2.28. The van der Waals surface area contributed by atoms with Gasteiger partial charge in [-0.15, -0.1) is 0 Å². The molecule has 0 spiro atoms. The maximum absolute atomic E-state index is 10.3. The highest BCUT2D eigenvalue weighted by molar-refractivity contribution is 5.78. The molecule has 16 heavy (non-hydrogen) atoms. The molecular weight excluding hydrogens is 200 g/mol. The van der Waals surface area contributed by atoms with Gasteiger partial charge in [-0.1, -0.05) is 48.5 Å². The molecular formula is C13H12N2O. The predicted octanol–water partition coefficient (Wildman–Crippen LogP) is 2.43. The smallest absolute Gasteiger partial charge is 0.225 e. The Bertz CT molecular complexity index is 468. The molecule has 0 radical (unpaired) electrons. The van der Waals surface area contributed by atoms with Crippen LogP contribution in [0.2, 0.25) is 0 Å². The van der Waals surface area contributed by atoms with E-state index in [0.29, 0.717) is 6.41 Å². The van der Waals surface area contributed by atoms with E-state index in [9.17, 15) is 4.79 Å². The van der Waals surface area contributed by atoms with E-state index in [0.717, 1.165) is 16.8 Å². The Kier molecular flexibility index (Phi) is 3.18. The van der Waals surface area contributed by atoms with Crippen molar-refractivity contribution in [1.29, 1.82) is 0 Å². The Balaban J connectivity index is 2.36. The summed E-state index contributed by atoms with van der Waals surface area (Å²) in [5.74, 6) is 0. The molecule has 0 fully saturated rings. The van der Waals surface area contributed by atoms with Gasteiger partial charge in [0.15, 0.2) is 0 Å². The number of hydrogen-bond acceptors (Lipinski definition) is 2. The molecule has 0 aromatic heterocycles. The van der Waals surface area contributed by atoms with Crippen LogP contribution in [-0.4, -0.2) is 6.41 Å². The number of rotatable bonds is 4. The first kappa shape index (κ1) is 10.2. The van der Waals surface area contributed by atoms with Gasteiger partial charge >= 0.3 is 0 Å². The van der Waals surface area contributed by atoms with Crippen molar-refractivity contribution in [1.82, 2.24) is 5.43 Å². The minimum atomic E-state index is 0.613. The van der Waals surface area contributed by atoms with Gasteiger partial charge in [0.2, 0.25) is 6.41 Å². The van der Waals surface area contributed by atoms with E-state index >= 15 is 0 Å². The van der Waals surface area contributed by atoms with Gasteiger partial charge in [0.25, 0.3) is 0 Å². The van der Waals surface area contributed by atoms with Gasteiger partial charge in [0.1, 0.15) is 0 Å². The van der Waals surface area contributed by atoms with Gasteiger partial charge in [0, 0.05) is 5.56 Å². The molecule has 0 aliphatic carbocycles. The van der Waals surface area contributed by atoms with Crippen LogP contribution >= 0.6 is 0 Å². The van der Waals surface area contributed by atoms with Crippen LogP contribution in [0.15, 0.2) is 54.6 Å². The van der Waals surface area contributed by atoms with Crippen LogP contribution in [0.5, 0.6) is 0 Å². The van der Waals surface area contributed by atoms with Crippen molar-refractivity contribution in [3.05, 3.63) is 54.6 Å². The zero-order chi connectivity index (χ0) is 11.2. The lowest BCUT2D eigenvalue weighted by molar-refractivity contribution is -0.109. The monoisotopic (exact) mass is 212 g/mol. The van der Waals surface area contributed by atoms with Gasteiger partial charge in [0.05, 0.1) is 5.69 Å². The SMILES string of the molecule is O=CNNc1ccccc1-c1ccccc1. The van der Waals surface area contributed by atoms with E-state index < -0.39 is 0 Å². The van der Waals surface area contributed by atoms with Gasteiger partial charge in [-0.25, -0.2) is 0 Å². The molecule has 0 atom stereocenters. The number of carbonyl (C=O) groups excluding carboxylic acids is 1. The van der Waals surface area contributed by atoms with E-state index in [4.69, 9.17) is 0 Å². The van der Waals surface area contributed by atoms with Crippen LogP contribution in [0.4, 0.5) is 5.69 Å². The quantitative estimate of drug-likeness (QED) is 0.603. The van der Waals surface area contributed by atoms with Crippen LogP contribution in [-0.2, 0) is 4.79 Å². The summed E-state index contributed by atoms with van der Waals surface area (Å²) in [6.07, 6.45) is 0.613. The average molecular weight is 212 g/mol. The molecule has 3 heteroatoms. The zero-order valence-corrected chi connectivity index (χ0v) is 8.68. The molecule has 2 rings (SSSR count). The molecule has 0 heterocycles. The molecule has 2 aromatic carbocycles. The van der Waals surface area contributed by atoms with Crippen LogP contribution in [0.25, 0.3) is 11.1 Å². The number of benzene rings is 2. The number of amides is 1. The summed E-state index contributed by atoms with van der Waals surface area (Å²) in [5, 5.41) is 0. The summed E-state index contributed by atoms with van der Waals surface area (Å²) in [6.45, 7) is 0. The second kappa shape index (κ2) is 4.98. The molecule has 2 N–H and O–H groups in total. The van der Waals surface area contributed by atoms with Crippen molar-refractivity contribution in [3.63, 3.8) is 0 Å². The van der Waals surface area contributed by atoms with Crippen LogP contribution in [0.1, 0.15) is 0 Å². The first-order valence-corrected chi connectivity index (χ1v) is 5.01. The highest BCUT2D eigenvalue weighted by Crippen LogP contribution is 2.26. The number of anilines is 1. The number of nitrogens with one attached hydrogen (secondary N) is 2. The fourth-order valence-corrected chi connectivity index (χ4v) is 1.57. The lowest BCUT2D eigenvalue weighted by Gasteiger charge is -2.10. The molecule has 3 nitrogen and oxygen atoms in total. The second-order valence-electron chi connectivity index (χ2n) is 3.30. The van der Waals surface area contributed by atoms with Gasteiger partial charge in [-0.3, -0.25) is 15.6 Å². The first-order valence-electron chi connectivity index (χ1n) is 5.01. The highest BCUT2D eigenvalue weighted by Gasteiger charge is 2.02. The topological polar surface area (TPSA) is 41.1 Å². The number of hydrazine groups is 1. The fourth-order valence-electron chi connectivity index (χ4n) is 1.57. The molecule has 1 amide bonds. The van der Waals surface area contributed by atoms with Crippen molar-refractivity contribution in [2.45, 2.75) is 0 Å². The molecule has 80 valence electrons. The zero-order valence-electron chi connectivity index (χ0n) is 8.68. The minimum Gasteiger partial charge on any atom is -0.298 e. The second-order valence-corrected chi connectivity index (χ2v) is 3.30. The van der Waals surface area contributed by atoms with Gasteiger partial charge in [-0.05, 0) is 11.6 Å². The Morgan fingerprint density at radius 2 is 1.56 bits per heavy atom. The van der Waals surface area contributed by atoms with Gasteiger partial charge in [-0.2, -0.15) is 0 Å². The third-order valence-electron chi connectivity index (χ3n) is 2.28. The largest absolute Gasteiger partial charge is 0.298 e. The minimum absolute atomic E-state index is 0.613. The average Bonchev–Trinajstić information content (AvgIpc) is 2.38. The van der Waals surface area contributed by atoms with Gasteiger partial charge < -0.3 is 0 Å². The van der Waals surface area contributed by atoms with Crippen molar-refractivity contribution < 1.29 is 4.79 Å². The predicted molar refractivity (Wildman–Crippen MR) is 64.7 cm³/mol. The lowest BCUT2D eigenvalue weighted by Crippen LogP contribution is -2.19. The van der Waals surface area contributed by atoms with Crippen LogP contribution in [0, 0.1) is 0 Å². The maximum atomic E-state index is 10.3. The van der Waals surface area contributed by atoms with Crippen molar-refractivity contribution in [2.75, 3.05) is 5.43 Å². The van der Waals surface area contributed by atoms with E-state index in [1.807, 2.05) is 54.6 Å². The van der Waals surface area contributed by atoms with E-state index in [2.05, 4.69) is 10.9 Å². The number of hydrogen-bond donors (Lipinski definition) is 2. The van der Waals surface area contributed by atoms with E-state index in [-0.39, 0.29) is 0 Å². The number of carbonyl (C=O) groups is 1. The van der Waals surface area contributed by atoms with E-state index in [1.165, 1.54) is 0 Å². The summed E-state index contributed by atoms with van der Waals surface area (Å²) < 4.78 is 0. The van der Waals surface area contributed by atoms with Crippen molar-refractivity contribution in [2.24, 2.45) is 0 Å².